The van der Waals surface area contributed by atoms with Crippen LogP contribution in [0.5, 0.6) is 0 Å². The van der Waals surface area contributed by atoms with Gasteiger partial charge in [0.15, 0.2) is 5.78 Å². The van der Waals surface area contributed by atoms with E-state index in [1.54, 1.807) is 6.92 Å². The van der Waals surface area contributed by atoms with E-state index in [-0.39, 0.29) is 5.78 Å². The summed E-state index contributed by atoms with van der Waals surface area (Å²) in [6, 6.07) is 12.8. The van der Waals surface area contributed by atoms with Crippen LogP contribution in [0.15, 0.2) is 36.4 Å². The summed E-state index contributed by atoms with van der Waals surface area (Å²) < 4.78 is 17.9. The van der Waals surface area contributed by atoms with E-state index in [0.29, 0.717) is 32.3 Å². The van der Waals surface area contributed by atoms with Gasteiger partial charge >= 0.3 is 8.80 Å². The summed E-state index contributed by atoms with van der Waals surface area (Å²) in [6.07, 6.45) is 0.697. The summed E-state index contributed by atoms with van der Waals surface area (Å²) in [5.74, 6) is 0.0808. The normalized spacial score (nSPS) is 11.8. The zero-order valence-electron chi connectivity index (χ0n) is 15.6. The molecule has 0 saturated heterocycles. The highest BCUT2D eigenvalue weighted by molar-refractivity contribution is 6.60. The lowest BCUT2D eigenvalue weighted by Crippen LogP contribution is -2.46. The molecule has 136 valence electrons. The van der Waals surface area contributed by atoms with E-state index in [0.717, 1.165) is 21.9 Å². The molecule has 2 aromatic carbocycles. The lowest BCUT2D eigenvalue weighted by Gasteiger charge is -2.28. The van der Waals surface area contributed by atoms with Gasteiger partial charge in [0.1, 0.15) is 0 Å². The smallest absolute Gasteiger partial charge is 0.374 e. The van der Waals surface area contributed by atoms with Crippen molar-refractivity contribution in [3.05, 3.63) is 47.5 Å². The van der Waals surface area contributed by atoms with Gasteiger partial charge in [0, 0.05) is 31.4 Å². The summed E-state index contributed by atoms with van der Waals surface area (Å²) in [4.78, 5) is 12.1. The van der Waals surface area contributed by atoms with Crippen molar-refractivity contribution in [1.82, 2.24) is 0 Å². The Kier molecular flexibility index (Phi) is 7.32. The zero-order chi connectivity index (χ0) is 18.3. The maximum absolute atomic E-state index is 12.1. The predicted octanol–water partition coefficient (Wildman–Crippen LogP) is 4.63. The fraction of sp³-hybridized carbons (Fsp3) is 0.450. The Morgan fingerprint density at radius 2 is 1.52 bits per heavy atom. The van der Waals surface area contributed by atoms with E-state index >= 15 is 0 Å². The van der Waals surface area contributed by atoms with Crippen LogP contribution < -0.4 is 0 Å². The molecule has 0 saturated carbocycles. The molecule has 0 aliphatic carbocycles. The SMILES string of the molecule is CCO[Si](CCc1c(C(C)=O)ccc2ccccc12)(OCC)OCC. The number of hydrogen-bond acceptors (Lipinski definition) is 4. The maximum Gasteiger partial charge on any atom is 0.501 e. The molecule has 0 N–H and O–H groups in total. The van der Waals surface area contributed by atoms with Gasteiger partial charge < -0.3 is 13.3 Å². The second-order valence-corrected chi connectivity index (χ2v) is 8.58. The van der Waals surface area contributed by atoms with E-state index in [1.807, 2.05) is 45.0 Å². The van der Waals surface area contributed by atoms with Crippen LogP contribution >= 0.6 is 0 Å². The first-order valence-electron chi connectivity index (χ1n) is 9.00. The van der Waals surface area contributed by atoms with E-state index < -0.39 is 8.80 Å². The third-order valence-electron chi connectivity index (χ3n) is 4.19. The van der Waals surface area contributed by atoms with Crippen molar-refractivity contribution >= 4 is 25.4 Å². The molecule has 0 heterocycles. The van der Waals surface area contributed by atoms with Crippen molar-refractivity contribution in [2.24, 2.45) is 0 Å². The first-order valence-corrected chi connectivity index (χ1v) is 10.9. The molecule has 0 spiro atoms. The number of carbonyl (C=O) groups is 1. The first kappa shape index (κ1) is 19.8. The molecule has 0 amide bonds. The number of Topliss-reactive ketones (excluding diaryl/α,β-unsaturated/α-hetero) is 1. The maximum atomic E-state index is 12.1. The minimum absolute atomic E-state index is 0.0808. The molecule has 0 bridgehead atoms. The molecule has 0 aliphatic heterocycles. The number of aryl methyl sites for hydroxylation is 1. The number of benzene rings is 2. The number of carbonyl (C=O) groups excluding carboxylic acids is 1. The lowest BCUT2D eigenvalue weighted by atomic mass is 9.95. The Hall–Kier alpha value is -1.53. The Labute approximate surface area is 151 Å². The van der Waals surface area contributed by atoms with E-state index in [2.05, 4.69) is 12.1 Å². The largest absolute Gasteiger partial charge is 0.501 e. The average molecular weight is 361 g/mol. The van der Waals surface area contributed by atoms with Gasteiger partial charge in [-0.2, -0.15) is 0 Å². The highest BCUT2D eigenvalue weighted by atomic mass is 28.4. The standard InChI is InChI=1S/C20H28O4Si/c1-5-22-25(23-6-2,24-7-3)15-14-20-18(16(4)21)13-12-17-10-8-9-11-19(17)20/h8-13H,5-7,14-15H2,1-4H3. The summed E-state index contributed by atoms with van der Waals surface area (Å²) >= 11 is 0. The fourth-order valence-electron chi connectivity index (χ4n) is 3.21. The van der Waals surface area contributed by atoms with Gasteiger partial charge in [-0.05, 0) is 50.5 Å². The molecule has 2 rings (SSSR count). The Balaban J connectivity index is 2.40. The highest BCUT2D eigenvalue weighted by Gasteiger charge is 2.40. The topological polar surface area (TPSA) is 44.8 Å². The third-order valence-corrected chi connectivity index (χ3v) is 7.24. The van der Waals surface area contributed by atoms with Crippen LogP contribution in [-0.2, 0) is 19.7 Å². The fourth-order valence-corrected chi connectivity index (χ4v) is 5.77. The zero-order valence-corrected chi connectivity index (χ0v) is 16.6. The summed E-state index contributed by atoms with van der Waals surface area (Å²) in [5, 5.41) is 2.25. The third kappa shape index (κ3) is 4.76. The number of ketones is 1. The Bertz CT molecular complexity index is 697. The molecule has 25 heavy (non-hydrogen) atoms. The van der Waals surface area contributed by atoms with Gasteiger partial charge in [-0.25, -0.2) is 0 Å². The lowest BCUT2D eigenvalue weighted by molar-refractivity contribution is 0.0713. The summed E-state index contributed by atoms with van der Waals surface area (Å²) in [5.41, 5.74) is 1.83. The second-order valence-electron chi connectivity index (χ2n) is 5.85. The van der Waals surface area contributed by atoms with Gasteiger partial charge in [0.25, 0.3) is 0 Å². The number of rotatable bonds is 10. The molecular formula is C20H28O4Si. The summed E-state index contributed by atoms with van der Waals surface area (Å²) in [6.45, 7) is 9.16. The molecule has 0 aliphatic rings. The van der Waals surface area contributed by atoms with E-state index in [1.165, 1.54) is 0 Å². The minimum Gasteiger partial charge on any atom is -0.374 e. The first-order chi connectivity index (χ1) is 12.1. The van der Waals surface area contributed by atoms with Crippen LogP contribution in [0, 0.1) is 0 Å². The van der Waals surface area contributed by atoms with Gasteiger partial charge in [-0.15, -0.1) is 0 Å². The van der Waals surface area contributed by atoms with Gasteiger partial charge in [-0.1, -0.05) is 36.4 Å². The van der Waals surface area contributed by atoms with Crippen molar-refractivity contribution in [3.63, 3.8) is 0 Å². The quantitative estimate of drug-likeness (QED) is 0.458. The van der Waals surface area contributed by atoms with Crippen molar-refractivity contribution in [1.29, 1.82) is 0 Å². The van der Waals surface area contributed by atoms with Crippen LogP contribution in [0.25, 0.3) is 10.8 Å². The van der Waals surface area contributed by atoms with Gasteiger partial charge in [-0.3, -0.25) is 4.79 Å². The van der Waals surface area contributed by atoms with Gasteiger partial charge in [0.2, 0.25) is 0 Å². The second kappa shape index (κ2) is 9.24. The highest BCUT2D eigenvalue weighted by Crippen LogP contribution is 2.27. The molecule has 0 fully saturated rings. The average Bonchev–Trinajstić information content (AvgIpc) is 2.60. The monoisotopic (exact) mass is 360 g/mol. The van der Waals surface area contributed by atoms with E-state index in [4.69, 9.17) is 13.3 Å². The molecular weight excluding hydrogens is 332 g/mol. The Morgan fingerprint density at radius 3 is 2.08 bits per heavy atom. The molecule has 4 nitrogen and oxygen atoms in total. The van der Waals surface area contributed by atoms with Crippen LogP contribution in [0.3, 0.4) is 0 Å². The molecule has 0 aromatic heterocycles. The minimum atomic E-state index is -2.73. The molecule has 2 aromatic rings. The summed E-state index contributed by atoms with van der Waals surface area (Å²) in [7, 11) is -2.73. The number of hydrogen-bond donors (Lipinski definition) is 0. The van der Waals surface area contributed by atoms with E-state index in [9.17, 15) is 4.79 Å². The van der Waals surface area contributed by atoms with Crippen LogP contribution in [0.2, 0.25) is 6.04 Å². The molecule has 0 atom stereocenters. The van der Waals surface area contributed by atoms with Gasteiger partial charge in [0.05, 0.1) is 0 Å². The predicted molar refractivity (Wildman–Crippen MR) is 103 cm³/mol. The Morgan fingerprint density at radius 1 is 0.920 bits per heavy atom. The molecule has 0 unspecified atom stereocenters. The van der Waals surface area contributed by atoms with Crippen molar-refractivity contribution in [3.8, 4) is 0 Å². The number of fused-ring (bicyclic) bond motifs is 1. The van der Waals surface area contributed by atoms with Crippen molar-refractivity contribution in [2.45, 2.75) is 40.2 Å². The van der Waals surface area contributed by atoms with Crippen LogP contribution in [-0.4, -0.2) is 34.4 Å². The van der Waals surface area contributed by atoms with Crippen LogP contribution in [0.1, 0.15) is 43.6 Å². The van der Waals surface area contributed by atoms with Crippen LogP contribution in [0.4, 0.5) is 0 Å². The molecule has 0 radical (unpaired) electrons. The molecule has 5 heteroatoms. The van der Waals surface area contributed by atoms with Crippen molar-refractivity contribution < 1.29 is 18.1 Å². The van der Waals surface area contributed by atoms with Crippen molar-refractivity contribution in [2.75, 3.05) is 19.8 Å².